The molecular weight excluding hydrogens is 489 g/mol. The molecule has 3 aliphatic carbocycles. The van der Waals surface area contributed by atoms with Crippen molar-refractivity contribution in [2.24, 2.45) is 11.8 Å². The van der Waals surface area contributed by atoms with Crippen molar-refractivity contribution in [3.05, 3.63) is 76.5 Å². The maximum atomic E-state index is 13.7. The normalized spacial score (nSPS) is 22.9. The van der Waals surface area contributed by atoms with E-state index in [1.165, 1.54) is 25.0 Å². The molecule has 186 valence electrons. The van der Waals surface area contributed by atoms with Crippen LogP contribution in [0.4, 0.5) is 15.8 Å². The van der Waals surface area contributed by atoms with Gasteiger partial charge in [0.15, 0.2) is 0 Å². The van der Waals surface area contributed by atoms with Crippen LogP contribution in [0.5, 0.6) is 0 Å². The van der Waals surface area contributed by atoms with Crippen LogP contribution in [0.2, 0.25) is 5.02 Å². The van der Waals surface area contributed by atoms with Gasteiger partial charge in [-0.25, -0.2) is 9.07 Å². The van der Waals surface area contributed by atoms with Crippen molar-refractivity contribution in [1.29, 1.82) is 5.26 Å². The van der Waals surface area contributed by atoms with Gasteiger partial charge in [-0.15, -0.1) is 5.10 Å². The van der Waals surface area contributed by atoms with Crippen LogP contribution in [0, 0.1) is 29.0 Å². The molecule has 0 radical (unpaired) electrons. The van der Waals surface area contributed by atoms with Crippen molar-refractivity contribution < 1.29 is 4.39 Å². The number of nitrogens with one attached hydrogen (secondary N) is 2. The second-order valence-electron chi connectivity index (χ2n) is 10.5. The molecule has 0 bridgehead atoms. The van der Waals surface area contributed by atoms with Gasteiger partial charge in [0.25, 0.3) is 0 Å². The smallest absolute Gasteiger partial charge is 0.123 e. The molecule has 37 heavy (non-hydrogen) atoms. The number of benzene rings is 2. The van der Waals surface area contributed by atoms with E-state index in [0.717, 1.165) is 53.2 Å². The van der Waals surface area contributed by atoms with Crippen molar-refractivity contribution >= 4 is 33.9 Å². The van der Waals surface area contributed by atoms with Crippen LogP contribution in [0.25, 0.3) is 10.9 Å². The molecular formula is C28H25ClFN7. The molecule has 9 heteroatoms. The Morgan fingerprint density at radius 3 is 2.68 bits per heavy atom. The first-order valence-electron chi connectivity index (χ1n) is 12.8. The largest absolute Gasteiger partial charge is 0.380 e. The molecule has 2 heterocycles. The Kier molecular flexibility index (Phi) is 5.29. The Morgan fingerprint density at radius 1 is 1.14 bits per heavy atom. The van der Waals surface area contributed by atoms with E-state index < -0.39 is 0 Å². The number of fused-ring (bicyclic) bond motifs is 2. The summed E-state index contributed by atoms with van der Waals surface area (Å²) >= 11 is 6.74. The highest BCUT2D eigenvalue weighted by molar-refractivity contribution is 6.35. The third-order valence-corrected chi connectivity index (χ3v) is 8.26. The number of nitriles is 1. The molecule has 3 fully saturated rings. The molecule has 0 amide bonds. The first-order chi connectivity index (χ1) is 18.1. The van der Waals surface area contributed by atoms with Crippen LogP contribution in [-0.4, -0.2) is 26.0 Å². The first kappa shape index (κ1) is 22.5. The topological polar surface area (TPSA) is 91.5 Å². The van der Waals surface area contributed by atoms with Crippen molar-refractivity contribution in [3.63, 3.8) is 0 Å². The minimum Gasteiger partial charge on any atom is -0.380 e. The monoisotopic (exact) mass is 513 g/mol. The summed E-state index contributed by atoms with van der Waals surface area (Å²) in [5, 5.41) is 27.1. The van der Waals surface area contributed by atoms with E-state index in [2.05, 4.69) is 32.0 Å². The Morgan fingerprint density at radius 2 is 1.97 bits per heavy atom. The number of rotatable bonds is 7. The lowest BCUT2D eigenvalue weighted by atomic mass is 10.0. The predicted octanol–water partition coefficient (Wildman–Crippen LogP) is 6.24. The maximum absolute atomic E-state index is 13.7. The summed E-state index contributed by atoms with van der Waals surface area (Å²) in [6.07, 6.45) is 9.36. The van der Waals surface area contributed by atoms with Crippen LogP contribution in [0.3, 0.4) is 0 Å². The number of aromatic nitrogens is 4. The van der Waals surface area contributed by atoms with Gasteiger partial charge in [0.1, 0.15) is 17.6 Å². The van der Waals surface area contributed by atoms with Gasteiger partial charge in [-0.1, -0.05) is 28.9 Å². The Labute approximate surface area is 218 Å². The predicted molar refractivity (Wildman–Crippen MR) is 140 cm³/mol. The Balaban J connectivity index is 1.29. The molecule has 0 aliphatic heterocycles. The van der Waals surface area contributed by atoms with Crippen molar-refractivity contribution in [2.75, 3.05) is 10.6 Å². The number of pyridine rings is 1. The second kappa shape index (κ2) is 8.70. The van der Waals surface area contributed by atoms with Gasteiger partial charge in [-0.05, 0) is 73.8 Å². The van der Waals surface area contributed by atoms with Crippen LogP contribution in [0.15, 0.2) is 48.8 Å². The summed E-state index contributed by atoms with van der Waals surface area (Å²) in [5.41, 5.74) is 4.29. The van der Waals surface area contributed by atoms with Crippen molar-refractivity contribution in [1.82, 2.24) is 20.0 Å². The van der Waals surface area contributed by atoms with Gasteiger partial charge in [0.05, 0.1) is 40.1 Å². The van der Waals surface area contributed by atoms with E-state index in [1.807, 2.05) is 23.0 Å². The molecule has 3 aliphatic rings. The molecule has 4 aromatic rings. The highest BCUT2D eigenvalue weighted by atomic mass is 35.5. The molecule has 7 nitrogen and oxygen atoms in total. The summed E-state index contributed by atoms with van der Waals surface area (Å²) in [5.74, 6) is 1.20. The highest BCUT2D eigenvalue weighted by Gasteiger charge is 2.48. The minimum absolute atomic E-state index is 0.298. The van der Waals surface area contributed by atoms with E-state index >= 15 is 0 Å². The summed E-state index contributed by atoms with van der Waals surface area (Å²) in [7, 11) is 0. The lowest BCUT2D eigenvalue weighted by Gasteiger charge is -2.21. The molecule has 0 saturated heterocycles. The summed E-state index contributed by atoms with van der Waals surface area (Å²) in [6, 6.07) is 12.9. The summed E-state index contributed by atoms with van der Waals surface area (Å²) in [6.45, 7) is 0. The van der Waals surface area contributed by atoms with Gasteiger partial charge in [0.2, 0.25) is 0 Å². The number of hydrogen-bond acceptors (Lipinski definition) is 6. The number of nitrogens with zero attached hydrogens (tertiary/aromatic N) is 5. The molecule has 4 unspecified atom stereocenters. The fourth-order valence-electron chi connectivity index (χ4n) is 5.74. The van der Waals surface area contributed by atoms with E-state index in [9.17, 15) is 9.65 Å². The van der Waals surface area contributed by atoms with Crippen LogP contribution < -0.4 is 10.6 Å². The van der Waals surface area contributed by atoms with Crippen molar-refractivity contribution in [2.45, 2.75) is 50.2 Å². The van der Waals surface area contributed by atoms with E-state index in [4.69, 9.17) is 11.6 Å². The van der Waals surface area contributed by atoms with Crippen molar-refractivity contribution in [3.8, 4) is 6.07 Å². The molecule has 2 N–H and O–H groups in total. The molecule has 2 aromatic heterocycles. The number of halogens is 2. The average molecular weight is 514 g/mol. The third-order valence-electron chi connectivity index (χ3n) is 7.98. The number of hydrogen-bond donors (Lipinski definition) is 2. The van der Waals surface area contributed by atoms with Gasteiger partial charge in [0, 0.05) is 23.3 Å². The quantitative estimate of drug-likeness (QED) is 0.304. The zero-order valence-electron chi connectivity index (χ0n) is 20.0. The summed E-state index contributed by atoms with van der Waals surface area (Å²) < 4.78 is 15.6. The Bertz CT molecular complexity index is 1540. The number of anilines is 2. The minimum atomic E-state index is -0.368. The lowest BCUT2D eigenvalue weighted by molar-refractivity contribution is 0.610. The van der Waals surface area contributed by atoms with Gasteiger partial charge >= 0.3 is 0 Å². The van der Waals surface area contributed by atoms with Gasteiger partial charge in [-0.2, -0.15) is 5.26 Å². The maximum Gasteiger partial charge on any atom is 0.123 e. The lowest BCUT2D eigenvalue weighted by Crippen LogP contribution is -2.20. The van der Waals surface area contributed by atoms with E-state index in [1.54, 1.807) is 18.3 Å². The fraction of sp³-hybridized carbons (Fsp3) is 0.357. The van der Waals surface area contributed by atoms with Crippen LogP contribution >= 0.6 is 11.6 Å². The molecule has 4 atom stereocenters. The third kappa shape index (κ3) is 4.17. The van der Waals surface area contributed by atoms with Gasteiger partial charge in [-0.3, -0.25) is 4.98 Å². The zero-order valence-corrected chi connectivity index (χ0v) is 20.8. The standard InChI is InChI=1S/C28H25ClFN7/c29-23-11-19(10-22-26(17(12-31)13-32-28(22)23)34-24-8-3-16-9-21(16)24)33-27(15-1-4-18(30)5-2-15)25-14-37(36-35-25)20-6-7-20/h1-2,4-5,10-11,13-14,16,20-21,24,27,33H,3,6-9H2,(H,32,34). The van der Waals surface area contributed by atoms with E-state index in [0.29, 0.717) is 34.1 Å². The average Bonchev–Trinajstić information content (AvgIpc) is 3.82. The first-order valence-corrected chi connectivity index (χ1v) is 13.2. The molecule has 3 saturated carbocycles. The van der Waals surface area contributed by atoms with Crippen LogP contribution in [-0.2, 0) is 0 Å². The summed E-state index contributed by atoms with van der Waals surface area (Å²) in [4.78, 5) is 4.50. The second-order valence-corrected chi connectivity index (χ2v) is 10.9. The molecule has 2 aromatic carbocycles. The SMILES string of the molecule is N#Cc1cnc2c(Cl)cc(NC(c3ccc(F)cc3)c3cn(C4CC4)nn3)cc2c1NC1CCC2CC21. The van der Waals surface area contributed by atoms with Crippen LogP contribution in [0.1, 0.15) is 61.0 Å². The van der Waals surface area contributed by atoms with E-state index in [-0.39, 0.29) is 11.9 Å². The molecule has 7 rings (SSSR count). The highest BCUT2D eigenvalue weighted by Crippen LogP contribution is 2.53. The molecule has 0 spiro atoms. The fourth-order valence-corrected chi connectivity index (χ4v) is 6.01. The Hall–Kier alpha value is -3.70. The van der Waals surface area contributed by atoms with Gasteiger partial charge < -0.3 is 10.6 Å². The zero-order chi connectivity index (χ0) is 25.1.